The van der Waals surface area contributed by atoms with Gasteiger partial charge in [0.2, 0.25) is 0 Å². The zero-order valence-corrected chi connectivity index (χ0v) is 18.1. The Labute approximate surface area is 179 Å². The second kappa shape index (κ2) is 10.2. The van der Waals surface area contributed by atoms with Crippen molar-refractivity contribution in [3.63, 3.8) is 0 Å². The number of halogens is 1. The van der Waals surface area contributed by atoms with Crippen LogP contribution in [0.5, 0.6) is 0 Å². The third-order valence-corrected chi connectivity index (χ3v) is 5.24. The third-order valence-electron chi connectivity index (χ3n) is 4.74. The molecule has 2 amide bonds. The molecule has 0 atom stereocenters. The van der Waals surface area contributed by atoms with Gasteiger partial charge in [-0.1, -0.05) is 59.3 Å². The highest BCUT2D eigenvalue weighted by molar-refractivity contribution is 9.10. The number of hydrogen-bond acceptors (Lipinski definition) is 2. The van der Waals surface area contributed by atoms with E-state index in [2.05, 4.69) is 32.6 Å². The molecule has 0 radical (unpaired) electrons. The van der Waals surface area contributed by atoms with Crippen molar-refractivity contribution < 1.29 is 9.59 Å². The number of hydrogen-bond donors (Lipinski definition) is 2. The van der Waals surface area contributed by atoms with Gasteiger partial charge in [-0.05, 0) is 59.9 Å². The second-order valence-electron chi connectivity index (χ2n) is 6.98. The number of nitrogens with one attached hydrogen (secondary N) is 2. The number of fused-ring (bicyclic) bond motifs is 1. The Hall–Kier alpha value is -2.66. The highest BCUT2D eigenvalue weighted by atomic mass is 79.9. The van der Waals surface area contributed by atoms with Crippen LogP contribution in [0.4, 0.5) is 4.79 Å². The molecule has 5 heteroatoms. The van der Waals surface area contributed by atoms with E-state index in [0.717, 1.165) is 40.1 Å². The van der Waals surface area contributed by atoms with Gasteiger partial charge in [-0.25, -0.2) is 4.79 Å². The molecule has 0 saturated carbocycles. The first-order valence-corrected chi connectivity index (χ1v) is 10.7. The zero-order chi connectivity index (χ0) is 20.6. The molecule has 3 aromatic rings. The lowest BCUT2D eigenvalue weighted by Crippen LogP contribution is -2.36. The summed E-state index contributed by atoms with van der Waals surface area (Å²) in [5, 5.41) is 7.86. The highest BCUT2D eigenvalue weighted by Gasteiger charge is 2.13. The lowest BCUT2D eigenvalue weighted by molar-refractivity contribution is 0.103. The zero-order valence-electron chi connectivity index (χ0n) is 16.5. The summed E-state index contributed by atoms with van der Waals surface area (Å²) in [5.74, 6) is 0.0220. The van der Waals surface area contributed by atoms with Crippen LogP contribution in [0.1, 0.15) is 41.3 Å². The molecule has 0 aliphatic carbocycles. The molecule has 0 spiro atoms. The van der Waals surface area contributed by atoms with Crippen molar-refractivity contribution in [2.45, 2.75) is 26.2 Å². The molecule has 0 aromatic heterocycles. The van der Waals surface area contributed by atoms with Crippen LogP contribution in [0.2, 0.25) is 0 Å². The van der Waals surface area contributed by atoms with E-state index in [1.54, 1.807) is 0 Å². The van der Waals surface area contributed by atoms with E-state index in [-0.39, 0.29) is 11.8 Å². The molecule has 150 valence electrons. The van der Waals surface area contributed by atoms with Crippen molar-refractivity contribution in [2.75, 3.05) is 13.1 Å². The Bertz CT molecular complexity index is 1000. The van der Waals surface area contributed by atoms with Gasteiger partial charge in [0, 0.05) is 28.7 Å². The molecule has 2 N–H and O–H groups in total. The molecular weight excluding hydrogens is 428 g/mol. The van der Waals surface area contributed by atoms with Gasteiger partial charge in [-0.3, -0.25) is 4.79 Å². The Balaban J connectivity index is 1.80. The number of aryl methyl sites for hydroxylation is 1. The fourth-order valence-electron chi connectivity index (χ4n) is 3.28. The van der Waals surface area contributed by atoms with Gasteiger partial charge < -0.3 is 10.6 Å². The van der Waals surface area contributed by atoms with E-state index >= 15 is 0 Å². The lowest BCUT2D eigenvalue weighted by Gasteiger charge is -2.12. The third kappa shape index (κ3) is 5.67. The number of benzene rings is 3. The van der Waals surface area contributed by atoms with E-state index in [1.807, 2.05) is 61.5 Å². The standard InChI is InChI=1S/C24H25BrN2O2/c1-2-12-26-24(29)27-13-6-9-18-14-20(23(28)17-7-4-3-5-8-17)15-19-10-11-21(25)16-22(18)19/h3-5,7-8,10-11,14-16H,2,6,9,12-13H2,1H3,(H2,26,27,29). The van der Waals surface area contributed by atoms with Gasteiger partial charge in [-0.15, -0.1) is 0 Å². The lowest BCUT2D eigenvalue weighted by atomic mass is 9.94. The predicted molar refractivity (Wildman–Crippen MR) is 122 cm³/mol. The topological polar surface area (TPSA) is 58.2 Å². The van der Waals surface area contributed by atoms with Crippen LogP contribution in [-0.4, -0.2) is 24.9 Å². The largest absolute Gasteiger partial charge is 0.338 e. The normalized spacial score (nSPS) is 10.7. The molecule has 4 nitrogen and oxygen atoms in total. The molecule has 29 heavy (non-hydrogen) atoms. The summed E-state index contributed by atoms with van der Waals surface area (Å²) in [7, 11) is 0. The van der Waals surface area contributed by atoms with Crippen molar-refractivity contribution in [3.8, 4) is 0 Å². The molecule has 0 aliphatic rings. The van der Waals surface area contributed by atoms with E-state index in [0.29, 0.717) is 24.2 Å². The monoisotopic (exact) mass is 452 g/mol. The maximum absolute atomic E-state index is 13.0. The van der Waals surface area contributed by atoms with Crippen LogP contribution in [0, 0.1) is 0 Å². The number of ketones is 1. The molecular formula is C24H25BrN2O2. The summed E-state index contributed by atoms with van der Waals surface area (Å²) in [6, 6.07) is 19.3. The van der Waals surface area contributed by atoms with Gasteiger partial charge in [0.15, 0.2) is 5.78 Å². The summed E-state index contributed by atoms with van der Waals surface area (Å²) in [6.45, 7) is 3.28. The Morgan fingerprint density at radius 3 is 2.41 bits per heavy atom. The fraction of sp³-hybridized carbons (Fsp3) is 0.250. The quantitative estimate of drug-likeness (QED) is 0.351. The number of urea groups is 1. The smallest absolute Gasteiger partial charge is 0.314 e. The first-order chi connectivity index (χ1) is 14.1. The average Bonchev–Trinajstić information content (AvgIpc) is 2.75. The number of carbonyl (C=O) groups excluding carboxylic acids is 2. The Morgan fingerprint density at radius 2 is 1.66 bits per heavy atom. The molecule has 0 saturated heterocycles. The van der Waals surface area contributed by atoms with E-state index in [4.69, 9.17) is 0 Å². The molecule has 0 unspecified atom stereocenters. The minimum Gasteiger partial charge on any atom is -0.338 e. The number of carbonyl (C=O) groups is 2. The maximum atomic E-state index is 13.0. The van der Waals surface area contributed by atoms with E-state index in [9.17, 15) is 9.59 Å². The molecule has 0 heterocycles. The predicted octanol–water partition coefficient (Wildman–Crippen LogP) is 5.48. The summed E-state index contributed by atoms with van der Waals surface area (Å²) in [6.07, 6.45) is 2.48. The first kappa shape index (κ1) is 21.1. The van der Waals surface area contributed by atoms with Gasteiger partial charge in [-0.2, -0.15) is 0 Å². The summed E-state index contributed by atoms with van der Waals surface area (Å²) in [5.41, 5.74) is 2.48. The van der Waals surface area contributed by atoms with Crippen LogP contribution < -0.4 is 10.6 Å². The van der Waals surface area contributed by atoms with Crippen LogP contribution in [0.15, 0.2) is 65.1 Å². The van der Waals surface area contributed by atoms with Gasteiger partial charge in [0.1, 0.15) is 0 Å². The van der Waals surface area contributed by atoms with Gasteiger partial charge >= 0.3 is 6.03 Å². The van der Waals surface area contributed by atoms with Crippen molar-refractivity contribution in [1.82, 2.24) is 10.6 Å². The molecule has 0 fully saturated rings. The van der Waals surface area contributed by atoms with Crippen molar-refractivity contribution >= 4 is 38.5 Å². The average molecular weight is 453 g/mol. The second-order valence-corrected chi connectivity index (χ2v) is 7.90. The van der Waals surface area contributed by atoms with E-state index < -0.39 is 0 Å². The van der Waals surface area contributed by atoms with Gasteiger partial charge in [0.05, 0.1) is 0 Å². The van der Waals surface area contributed by atoms with Crippen molar-refractivity contribution in [2.24, 2.45) is 0 Å². The van der Waals surface area contributed by atoms with Crippen LogP contribution >= 0.6 is 15.9 Å². The SMILES string of the molecule is CCCNC(=O)NCCCc1cc(C(=O)c2ccccc2)cc2ccc(Br)cc12. The fourth-order valence-corrected chi connectivity index (χ4v) is 3.64. The Morgan fingerprint density at radius 1 is 0.897 bits per heavy atom. The molecule has 0 bridgehead atoms. The summed E-state index contributed by atoms with van der Waals surface area (Å²) >= 11 is 3.54. The first-order valence-electron chi connectivity index (χ1n) is 9.92. The highest BCUT2D eigenvalue weighted by Crippen LogP contribution is 2.27. The van der Waals surface area contributed by atoms with Crippen molar-refractivity contribution in [3.05, 3.63) is 81.8 Å². The van der Waals surface area contributed by atoms with Crippen LogP contribution in [0.25, 0.3) is 10.8 Å². The van der Waals surface area contributed by atoms with Crippen LogP contribution in [-0.2, 0) is 6.42 Å². The molecule has 3 aromatic carbocycles. The number of amides is 2. The minimum absolute atomic E-state index is 0.0220. The maximum Gasteiger partial charge on any atom is 0.314 e. The molecule has 0 aliphatic heterocycles. The minimum atomic E-state index is -0.132. The van der Waals surface area contributed by atoms with Crippen molar-refractivity contribution in [1.29, 1.82) is 0 Å². The van der Waals surface area contributed by atoms with E-state index in [1.165, 1.54) is 0 Å². The summed E-state index contributed by atoms with van der Waals surface area (Å²) in [4.78, 5) is 24.7. The number of rotatable bonds is 8. The van der Waals surface area contributed by atoms with Crippen LogP contribution in [0.3, 0.4) is 0 Å². The molecule has 3 rings (SSSR count). The van der Waals surface area contributed by atoms with Gasteiger partial charge in [0.25, 0.3) is 0 Å². The summed E-state index contributed by atoms with van der Waals surface area (Å²) < 4.78 is 1.01. The Kier molecular flexibility index (Phi) is 7.42.